The SMILES string of the molecule is CCC(N)CC=CC(=O)O. The molecular weight excluding hydrogens is 130 g/mol. The van der Waals surface area contributed by atoms with Crippen LogP contribution in [0.3, 0.4) is 0 Å². The van der Waals surface area contributed by atoms with E-state index in [1.165, 1.54) is 0 Å². The summed E-state index contributed by atoms with van der Waals surface area (Å²) in [5.41, 5.74) is 5.51. The number of hydrogen-bond donors (Lipinski definition) is 2. The summed E-state index contributed by atoms with van der Waals surface area (Å²) >= 11 is 0. The average Bonchev–Trinajstić information content (AvgIpc) is 1.87. The van der Waals surface area contributed by atoms with Gasteiger partial charge in [0.05, 0.1) is 0 Å². The van der Waals surface area contributed by atoms with E-state index in [9.17, 15) is 4.79 Å². The average molecular weight is 143 g/mol. The Morgan fingerprint density at radius 1 is 1.80 bits per heavy atom. The number of carboxylic acid groups (broad SMARTS) is 1. The molecule has 10 heavy (non-hydrogen) atoms. The minimum atomic E-state index is -0.914. The van der Waals surface area contributed by atoms with Crippen LogP contribution in [0.2, 0.25) is 0 Å². The Balaban J connectivity index is 3.43. The number of carbonyl (C=O) groups is 1. The van der Waals surface area contributed by atoms with Crippen LogP contribution < -0.4 is 5.73 Å². The molecule has 0 aromatic rings. The van der Waals surface area contributed by atoms with Crippen LogP contribution in [0, 0.1) is 0 Å². The zero-order chi connectivity index (χ0) is 7.98. The van der Waals surface area contributed by atoms with Gasteiger partial charge < -0.3 is 10.8 Å². The van der Waals surface area contributed by atoms with Crippen molar-refractivity contribution in [1.82, 2.24) is 0 Å². The van der Waals surface area contributed by atoms with Crippen LogP contribution in [0.5, 0.6) is 0 Å². The van der Waals surface area contributed by atoms with Gasteiger partial charge >= 0.3 is 5.97 Å². The first-order valence-corrected chi connectivity index (χ1v) is 3.31. The summed E-state index contributed by atoms with van der Waals surface area (Å²) < 4.78 is 0. The van der Waals surface area contributed by atoms with Gasteiger partial charge in [-0.3, -0.25) is 0 Å². The van der Waals surface area contributed by atoms with Crippen LogP contribution in [-0.4, -0.2) is 17.1 Å². The topological polar surface area (TPSA) is 63.3 Å². The fourth-order valence-corrected chi connectivity index (χ4v) is 0.510. The highest BCUT2D eigenvalue weighted by Gasteiger charge is 1.94. The lowest BCUT2D eigenvalue weighted by Gasteiger charge is -2.01. The van der Waals surface area contributed by atoms with E-state index in [2.05, 4.69) is 0 Å². The molecule has 1 atom stereocenters. The molecule has 1 unspecified atom stereocenters. The quantitative estimate of drug-likeness (QED) is 0.571. The van der Waals surface area contributed by atoms with E-state index in [-0.39, 0.29) is 6.04 Å². The summed E-state index contributed by atoms with van der Waals surface area (Å²) in [7, 11) is 0. The fourth-order valence-electron chi connectivity index (χ4n) is 0.510. The molecule has 58 valence electrons. The van der Waals surface area contributed by atoms with Gasteiger partial charge in [-0.15, -0.1) is 0 Å². The molecule has 0 aromatic heterocycles. The van der Waals surface area contributed by atoms with Gasteiger partial charge in [0.15, 0.2) is 0 Å². The monoisotopic (exact) mass is 143 g/mol. The summed E-state index contributed by atoms with van der Waals surface area (Å²) in [4.78, 5) is 9.94. The lowest BCUT2D eigenvalue weighted by molar-refractivity contribution is -0.131. The lowest BCUT2D eigenvalue weighted by atomic mass is 10.1. The van der Waals surface area contributed by atoms with Crippen LogP contribution in [0.4, 0.5) is 0 Å². The maximum atomic E-state index is 9.94. The van der Waals surface area contributed by atoms with Gasteiger partial charge in [-0.05, 0) is 12.8 Å². The molecule has 0 rings (SSSR count). The molecule has 0 aliphatic heterocycles. The van der Waals surface area contributed by atoms with E-state index < -0.39 is 5.97 Å². The van der Waals surface area contributed by atoms with Crippen molar-refractivity contribution in [2.24, 2.45) is 5.73 Å². The normalized spacial score (nSPS) is 13.8. The zero-order valence-electron chi connectivity index (χ0n) is 6.08. The minimum Gasteiger partial charge on any atom is -0.478 e. The van der Waals surface area contributed by atoms with Gasteiger partial charge in [-0.25, -0.2) is 4.79 Å². The molecule has 0 bridgehead atoms. The van der Waals surface area contributed by atoms with Gasteiger partial charge in [-0.2, -0.15) is 0 Å². The predicted octanol–water partition coefficient (Wildman–Crippen LogP) is 0.755. The molecule has 0 saturated heterocycles. The van der Waals surface area contributed by atoms with Gasteiger partial charge in [0.25, 0.3) is 0 Å². The van der Waals surface area contributed by atoms with Gasteiger partial charge in [-0.1, -0.05) is 13.0 Å². The molecule has 0 aromatic carbocycles. The number of hydrogen-bond acceptors (Lipinski definition) is 2. The highest BCUT2D eigenvalue weighted by atomic mass is 16.4. The number of carboxylic acids is 1. The van der Waals surface area contributed by atoms with Crippen molar-refractivity contribution < 1.29 is 9.90 Å². The summed E-state index contributed by atoms with van der Waals surface area (Å²) in [5.74, 6) is -0.914. The van der Waals surface area contributed by atoms with Crippen molar-refractivity contribution in [3.8, 4) is 0 Å². The first kappa shape index (κ1) is 9.17. The van der Waals surface area contributed by atoms with E-state index in [1.807, 2.05) is 6.92 Å². The van der Waals surface area contributed by atoms with Gasteiger partial charge in [0, 0.05) is 12.1 Å². The van der Waals surface area contributed by atoms with Crippen LogP contribution in [0.25, 0.3) is 0 Å². The molecule has 3 heteroatoms. The van der Waals surface area contributed by atoms with Crippen molar-refractivity contribution in [3.63, 3.8) is 0 Å². The van der Waals surface area contributed by atoms with Gasteiger partial charge in [0.1, 0.15) is 0 Å². The maximum absolute atomic E-state index is 9.94. The third-order valence-electron chi connectivity index (χ3n) is 1.22. The second-order valence-electron chi connectivity index (χ2n) is 2.14. The highest BCUT2D eigenvalue weighted by Crippen LogP contribution is 1.93. The molecule has 0 aliphatic carbocycles. The predicted molar refractivity (Wildman–Crippen MR) is 39.7 cm³/mol. The standard InChI is InChI=1S/C7H13NO2/c1-2-6(8)4-3-5-7(9)10/h3,5-6H,2,4,8H2,1H3,(H,9,10). The summed E-state index contributed by atoms with van der Waals surface area (Å²) in [6, 6.07) is 0.0931. The Labute approximate surface area is 60.5 Å². The first-order valence-electron chi connectivity index (χ1n) is 3.31. The summed E-state index contributed by atoms with van der Waals surface area (Å²) in [6.07, 6.45) is 4.22. The van der Waals surface area contributed by atoms with E-state index in [0.717, 1.165) is 12.5 Å². The van der Waals surface area contributed by atoms with Crippen molar-refractivity contribution in [1.29, 1.82) is 0 Å². The Bertz CT molecular complexity index is 132. The number of nitrogens with two attached hydrogens (primary N) is 1. The Morgan fingerprint density at radius 3 is 2.80 bits per heavy atom. The number of aliphatic carboxylic acids is 1. The molecule has 0 fully saturated rings. The fraction of sp³-hybridized carbons (Fsp3) is 0.571. The van der Waals surface area contributed by atoms with E-state index in [4.69, 9.17) is 10.8 Å². The Hall–Kier alpha value is -0.830. The zero-order valence-corrected chi connectivity index (χ0v) is 6.08. The maximum Gasteiger partial charge on any atom is 0.327 e. The molecule has 0 heterocycles. The highest BCUT2D eigenvalue weighted by molar-refractivity contribution is 5.79. The van der Waals surface area contributed by atoms with E-state index >= 15 is 0 Å². The second-order valence-corrected chi connectivity index (χ2v) is 2.14. The molecule has 0 radical (unpaired) electrons. The van der Waals surface area contributed by atoms with Crippen LogP contribution in [0.1, 0.15) is 19.8 Å². The van der Waals surface area contributed by atoms with Crippen molar-refractivity contribution in [3.05, 3.63) is 12.2 Å². The van der Waals surface area contributed by atoms with Crippen molar-refractivity contribution >= 4 is 5.97 Å². The smallest absolute Gasteiger partial charge is 0.327 e. The molecule has 0 saturated carbocycles. The molecule has 0 aliphatic rings. The molecule has 3 N–H and O–H groups in total. The summed E-state index contributed by atoms with van der Waals surface area (Å²) in [6.45, 7) is 1.97. The lowest BCUT2D eigenvalue weighted by Crippen LogP contribution is -2.16. The largest absolute Gasteiger partial charge is 0.478 e. The molecule has 0 spiro atoms. The molecule has 0 amide bonds. The minimum absolute atomic E-state index is 0.0931. The Kier molecular flexibility index (Phi) is 4.58. The van der Waals surface area contributed by atoms with Crippen molar-refractivity contribution in [2.75, 3.05) is 0 Å². The third-order valence-corrected chi connectivity index (χ3v) is 1.22. The first-order chi connectivity index (χ1) is 4.66. The number of rotatable bonds is 4. The second kappa shape index (κ2) is 4.99. The van der Waals surface area contributed by atoms with Crippen molar-refractivity contribution in [2.45, 2.75) is 25.8 Å². The molecule has 3 nitrogen and oxygen atoms in total. The van der Waals surface area contributed by atoms with Crippen LogP contribution in [0.15, 0.2) is 12.2 Å². The summed E-state index contributed by atoms with van der Waals surface area (Å²) in [5, 5.41) is 8.17. The third kappa shape index (κ3) is 5.31. The van der Waals surface area contributed by atoms with Crippen LogP contribution in [-0.2, 0) is 4.79 Å². The molecular formula is C7H13NO2. The van der Waals surface area contributed by atoms with E-state index in [1.54, 1.807) is 6.08 Å². The Morgan fingerprint density at radius 2 is 2.40 bits per heavy atom. The van der Waals surface area contributed by atoms with Gasteiger partial charge in [0.2, 0.25) is 0 Å². The van der Waals surface area contributed by atoms with E-state index in [0.29, 0.717) is 6.42 Å². The van der Waals surface area contributed by atoms with Crippen LogP contribution >= 0.6 is 0 Å².